The Morgan fingerprint density at radius 1 is 1.47 bits per heavy atom. The van der Waals surface area contributed by atoms with Gasteiger partial charge in [0.1, 0.15) is 5.69 Å². The number of nitrogens with zero attached hydrogens (tertiary/aromatic N) is 1. The number of imidazole rings is 1. The van der Waals surface area contributed by atoms with E-state index in [1.165, 1.54) is 10.8 Å². The minimum absolute atomic E-state index is 0.0310. The molecule has 0 amide bonds. The molecule has 0 saturated carbocycles. The maximum atomic E-state index is 11.5. The minimum Gasteiger partial charge on any atom is -0.477 e. The molecule has 88 valence electrons. The summed E-state index contributed by atoms with van der Waals surface area (Å²) in [7, 11) is 0. The van der Waals surface area contributed by atoms with Crippen LogP contribution in [0.15, 0.2) is 35.3 Å². The van der Waals surface area contributed by atoms with Crippen LogP contribution in [-0.2, 0) is 6.54 Å². The van der Waals surface area contributed by atoms with Crippen LogP contribution >= 0.6 is 0 Å². The second-order valence-corrected chi connectivity index (χ2v) is 3.86. The summed E-state index contributed by atoms with van der Waals surface area (Å²) in [6.45, 7) is 2.20. The van der Waals surface area contributed by atoms with Crippen molar-refractivity contribution in [1.29, 1.82) is 0 Å². The van der Waals surface area contributed by atoms with Gasteiger partial charge >= 0.3 is 11.7 Å². The number of nitrogens with one attached hydrogen (secondary N) is 1. The quantitative estimate of drug-likeness (QED) is 0.835. The molecular formula is C12H12N2O3. The SMILES string of the molecule is Cc1cccc(Cn2c(C(=O)O)c[nH]c2=O)c1. The van der Waals surface area contributed by atoms with E-state index in [0.717, 1.165) is 11.1 Å². The Morgan fingerprint density at radius 3 is 2.88 bits per heavy atom. The standard InChI is InChI=1S/C12H12N2O3/c1-8-3-2-4-9(5-8)7-14-10(11(15)16)6-13-12(14)17/h2-6H,7H2,1H3,(H,13,17)(H,15,16). The number of aromatic amines is 1. The first-order valence-electron chi connectivity index (χ1n) is 5.15. The van der Waals surface area contributed by atoms with E-state index in [4.69, 9.17) is 5.11 Å². The first-order valence-corrected chi connectivity index (χ1v) is 5.15. The largest absolute Gasteiger partial charge is 0.477 e. The number of carboxylic acids is 1. The van der Waals surface area contributed by atoms with Crippen LogP contribution < -0.4 is 5.69 Å². The summed E-state index contributed by atoms with van der Waals surface area (Å²) in [6, 6.07) is 7.60. The monoisotopic (exact) mass is 232 g/mol. The molecule has 2 aromatic rings. The van der Waals surface area contributed by atoms with Crippen molar-refractivity contribution in [2.75, 3.05) is 0 Å². The first-order chi connectivity index (χ1) is 8.08. The number of hydrogen-bond acceptors (Lipinski definition) is 2. The van der Waals surface area contributed by atoms with Crippen molar-refractivity contribution in [3.8, 4) is 0 Å². The average Bonchev–Trinajstić information content (AvgIpc) is 2.61. The number of aromatic carboxylic acids is 1. The molecule has 0 aliphatic carbocycles. The van der Waals surface area contributed by atoms with Gasteiger partial charge in [0.25, 0.3) is 0 Å². The molecule has 0 unspecified atom stereocenters. The molecule has 2 N–H and O–H groups in total. The van der Waals surface area contributed by atoms with E-state index in [1.807, 2.05) is 31.2 Å². The fourth-order valence-corrected chi connectivity index (χ4v) is 1.72. The highest BCUT2D eigenvalue weighted by Gasteiger charge is 2.12. The fraction of sp³-hybridized carbons (Fsp3) is 0.167. The Bertz CT molecular complexity index is 610. The number of aromatic nitrogens is 2. The molecule has 0 saturated heterocycles. The number of rotatable bonds is 3. The third-order valence-corrected chi connectivity index (χ3v) is 2.51. The Morgan fingerprint density at radius 2 is 2.24 bits per heavy atom. The van der Waals surface area contributed by atoms with Crippen LogP contribution in [0.2, 0.25) is 0 Å². The van der Waals surface area contributed by atoms with Gasteiger partial charge in [-0.1, -0.05) is 29.8 Å². The van der Waals surface area contributed by atoms with E-state index in [2.05, 4.69) is 4.98 Å². The van der Waals surface area contributed by atoms with Gasteiger partial charge in [0.15, 0.2) is 0 Å². The van der Waals surface area contributed by atoms with Gasteiger partial charge in [-0.05, 0) is 12.5 Å². The maximum Gasteiger partial charge on any atom is 0.354 e. The van der Waals surface area contributed by atoms with Crippen LogP contribution in [-0.4, -0.2) is 20.6 Å². The van der Waals surface area contributed by atoms with Gasteiger partial charge in [-0.2, -0.15) is 0 Å². The summed E-state index contributed by atoms with van der Waals surface area (Å²) in [6.07, 6.45) is 1.21. The second kappa shape index (κ2) is 4.29. The van der Waals surface area contributed by atoms with E-state index >= 15 is 0 Å². The van der Waals surface area contributed by atoms with E-state index in [1.54, 1.807) is 0 Å². The zero-order valence-electron chi connectivity index (χ0n) is 9.30. The number of aryl methyl sites for hydroxylation is 1. The van der Waals surface area contributed by atoms with Gasteiger partial charge < -0.3 is 10.1 Å². The van der Waals surface area contributed by atoms with Gasteiger partial charge in [-0.15, -0.1) is 0 Å². The van der Waals surface area contributed by atoms with Crippen LogP contribution in [0.25, 0.3) is 0 Å². The third-order valence-electron chi connectivity index (χ3n) is 2.51. The lowest BCUT2D eigenvalue weighted by molar-refractivity contribution is 0.0685. The fourth-order valence-electron chi connectivity index (χ4n) is 1.72. The van der Waals surface area contributed by atoms with Crippen molar-refractivity contribution in [1.82, 2.24) is 9.55 Å². The minimum atomic E-state index is -1.11. The second-order valence-electron chi connectivity index (χ2n) is 3.86. The molecule has 0 spiro atoms. The number of hydrogen-bond donors (Lipinski definition) is 2. The Hall–Kier alpha value is -2.30. The van der Waals surface area contributed by atoms with Crippen molar-refractivity contribution >= 4 is 5.97 Å². The lowest BCUT2D eigenvalue weighted by Crippen LogP contribution is -2.21. The summed E-state index contributed by atoms with van der Waals surface area (Å²) < 4.78 is 1.21. The average molecular weight is 232 g/mol. The van der Waals surface area contributed by atoms with Crippen LogP contribution in [0.3, 0.4) is 0 Å². The van der Waals surface area contributed by atoms with Gasteiger partial charge in [0, 0.05) is 6.20 Å². The normalized spacial score (nSPS) is 10.4. The lowest BCUT2D eigenvalue weighted by Gasteiger charge is -2.05. The predicted octanol–water partition coefficient (Wildman–Crippen LogP) is 1.23. The molecule has 1 aromatic heterocycles. The zero-order valence-corrected chi connectivity index (χ0v) is 9.30. The predicted molar refractivity (Wildman–Crippen MR) is 62.3 cm³/mol. The molecule has 17 heavy (non-hydrogen) atoms. The zero-order chi connectivity index (χ0) is 12.4. The van der Waals surface area contributed by atoms with Gasteiger partial charge in [-0.3, -0.25) is 4.57 Å². The van der Waals surface area contributed by atoms with Crippen molar-refractivity contribution in [2.45, 2.75) is 13.5 Å². The third kappa shape index (κ3) is 2.28. The van der Waals surface area contributed by atoms with Crippen molar-refractivity contribution in [3.63, 3.8) is 0 Å². The number of carbonyl (C=O) groups is 1. The summed E-state index contributed by atoms with van der Waals surface area (Å²) in [5, 5.41) is 8.93. The van der Waals surface area contributed by atoms with Crippen LogP contribution in [0, 0.1) is 6.92 Å². The van der Waals surface area contributed by atoms with Crippen LogP contribution in [0.4, 0.5) is 0 Å². The topological polar surface area (TPSA) is 75.1 Å². The molecule has 0 bridgehead atoms. The molecule has 0 aliphatic rings. The lowest BCUT2D eigenvalue weighted by atomic mass is 10.1. The summed E-state index contributed by atoms with van der Waals surface area (Å²) in [5.41, 5.74) is 1.53. The smallest absolute Gasteiger partial charge is 0.354 e. The summed E-state index contributed by atoms with van der Waals surface area (Å²) >= 11 is 0. The van der Waals surface area contributed by atoms with Crippen molar-refractivity contribution in [3.05, 3.63) is 57.8 Å². The number of carboxylic acid groups (broad SMARTS) is 1. The number of benzene rings is 1. The Labute approximate surface area is 97.3 Å². The highest BCUT2D eigenvalue weighted by molar-refractivity contribution is 5.85. The molecule has 1 aromatic carbocycles. The molecule has 5 nitrogen and oxygen atoms in total. The maximum absolute atomic E-state index is 11.5. The highest BCUT2D eigenvalue weighted by Crippen LogP contribution is 2.06. The molecule has 0 atom stereocenters. The van der Waals surface area contributed by atoms with E-state index in [9.17, 15) is 9.59 Å². The molecule has 5 heteroatoms. The van der Waals surface area contributed by atoms with Crippen LogP contribution in [0.1, 0.15) is 21.6 Å². The molecule has 0 radical (unpaired) electrons. The molecular weight excluding hydrogens is 220 g/mol. The van der Waals surface area contributed by atoms with E-state index in [-0.39, 0.29) is 12.2 Å². The first kappa shape index (κ1) is 11.2. The Balaban J connectivity index is 2.39. The summed E-state index contributed by atoms with van der Waals surface area (Å²) in [5.74, 6) is -1.11. The van der Waals surface area contributed by atoms with Gasteiger partial charge in [0.05, 0.1) is 6.54 Å². The van der Waals surface area contributed by atoms with Crippen molar-refractivity contribution < 1.29 is 9.90 Å². The number of H-pyrrole nitrogens is 1. The van der Waals surface area contributed by atoms with Gasteiger partial charge in [0.2, 0.25) is 0 Å². The van der Waals surface area contributed by atoms with Crippen LogP contribution in [0.5, 0.6) is 0 Å². The summed E-state index contributed by atoms with van der Waals surface area (Å²) in [4.78, 5) is 24.8. The molecule has 2 rings (SSSR count). The molecule has 0 aliphatic heterocycles. The highest BCUT2D eigenvalue weighted by atomic mass is 16.4. The van der Waals surface area contributed by atoms with E-state index < -0.39 is 11.7 Å². The van der Waals surface area contributed by atoms with Crippen molar-refractivity contribution in [2.24, 2.45) is 0 Å². The molecule has 0 fully saturated rings. The van der Waals surface area contributed by atoms with E-state index in [0.29, 0.717) is 0 Å². The van der Waals surface area contributed by atoms with Gasteiger partial charge in [-0.25, -0.2) is 9.59 Å². The molecule has 1 heterocycles. The Kier molecular flexibility index (Phi) is 2.82.